The fraction of sp³-hybridized carbons (Fsp3) is 0.111. The molecule has 2 N–H and O–H groups in total. The number of hydrogen-bond acceptors (Lipinski definition) is 3. The molecule has 0 aliphatic carbocycles. The van der Waals surface area contributed by atoms with Gasteiger partial charge in [-0.3, -0.25) is 9.59 Å². The Morgan fingerprint density at radius 2 is 1.73 bits per heavy atom. The molecule has 2 aromatic rings. The summed E-state index contributed by atoms with van der Waals surface area (Å²) in [6.07, 6.45) is 0.802. The van der Waals surface area contributed by atoms with E-state index in [1.165, 1.54) is 0 Å². The summed E-state index contributed by atoms with van der Waals surface area (Å²) in [6.45, 7) is 1.26. The Balaban J connectivity index is 1.96. The molecule has 4 heteroatoms. The molecule has 1 aliphatic rings. The van der Waals surface area contributed by atoms with E-state index in [-0.39, 0.29) is 5.91 Å². The van der Waals surface area contributed by atoms with E-state index in [0.29, 0.717) is 24.2 Å². The summed E-state index contributed by atoms with van der Waals surface area (Å²) in [5, 5.41) is 6.08. The molecule has 22 heavy (non-hydrogen) atoms. The van der Waals surface area contributed by atoms with Gasteiger partial charge in [-0.15, -0.1) is 0 Å². The van der Waals surface area contributed by atoms with Crippen molar-refractivity contribution in [2.45, 2.75) is 0 Å². The molecule has 3 rings (SSSR count). The largest absolute Gasteiger partial charge is 0.382 e. The van der Waals surface area contributed by atoms with Crippen LogP contribution in [0.2, 0.25) is 0 Å². The Bertz CT molecular complexity index is 783. The molecule has 0 radical (unpaired) electrons. The average Bonchev–Trinajstić information content (AvgIpc) is 2.76. The van der Waals surface area contributed by atoms with Crippen molar-refractivity contribution in [1.29, 1.82) is 0 Å². The smallest absolute Gasteiger partial charge is 0.253 e. The van der Waals surface area contributed by atoms with E-state index in [2.05, 4.69) is 22.5 Å². The monoisotopic (exact) mass is 290 g/mol. The molecule has 1 heterocycles. The molecule has 108 valence electrons. The maximum Gasteiger partial charge on any atom is 0.253 e. The zero-order chi connectivity index (χ0) is 15.4. The highest BCUT2D eigenvalue weighted by Gasteiger charge is 2.16. The highest BCUT2D eigenvalue weighted by molar-refractivity contribution is 6.01. The van der Waals surface area contributed by atoms with Gasteiger partial charge in [0, 0.05) is 29.8 Å². The first-order chi connectivity index (χ1) is 10.8. The number of hydrogen-bond donors (Lipinski definition) is 2. The van der Waals surface area contributed by atoms with Gasteiger partial charge in [-0.25, -0.2) is 0 Å². The Labute approximate surface area is 128 Å². The van der Waals surface area contributed by atoms with Gasteiger partial charge in [0.25, 0.3) is 5.91 Å². The van der Waals surface area contributed by atoms with Gasteiger partial charge in [0.2, 0.25) is 0 Å². The number of fused-ring (bicyclic) bond motifs is 1. The fourth-order valence-electron chi connectivity index (χ4n) is 2.28. The summed E-state index contributed by atoms with van der Waals surface area (Å²) in [6, 6.07) is 12.6. The molecular weight excluding hydrogens is 276 g/mol. The molecular formula is C18H14N2O2. The number of aldehydes is 1. The van der Waals surface area contributed by atoms with Gasteiger partial charge in [-0.2, -0.15) is 0 Å². The van der Waals surface area contributed by atoms with Crippen molar-refractivity contribution in [3.05, 3.63) is 64.7 Å². The molecule has 0 unspecified atom stereocenters. The van der Waals surface area contributed by atoms with E-state index >= 15 is 0 Å². The highest BCUT2D eigenvalue weighted by atomic mass is 16.1. The first-order valence-electron chi connectivity index (χ1n) is 7.00. The zero-order valence-corrected chi connectivity index (χ0v) is 11.8. The number of anilines is 1. The number of carbonyl (C=O) groups is 2. The maximum atomic E-state index is 12.0. The standard InChI is InChI=1S/C18H14N2O2/c21-12-14-6-4-13(5-7-14)8-9-15-2-1-3-16-17(15)19-10-11-20-18(16)22/h1-7,12,19H,10-11H2,(H,20,22). The fourth-order valence-corrected chi connectivity index (χ4v) is 2.28. The third-order valence-corrected chi connectivity index (χ3v) is 3.41. The topological polar surface area (TPSA) is 58.2 Å². The van der Waals surface area contributed by atoms with Crippen LogP contribution in [0.25, 0.3) is 0 Å². The van der Waals surface area contributed by atoms with Crippen LogP contribution in [0.1, 0.15) is 31.8 Å². The van der Waals surface area contributed by atoms with Crippen LogP contribution < -0.4 is 10.6 Å². The third-order valence-electron chi connectivity index (χ3n) is 3.41. The zero-order valence-electron chi connectivity index (χ0n) is 11.8. The van der Waals surface area contributed by atoms with Crippen LogP contribution >= 0.6 is 0 Å². The van der Waals surface area contributed by atoms with Crippen LogP contribution in [0, 0.1) is 11.8 Å². The molecule has 0 spiro atoms. The van der Waals surface area contributed by atoms with Crippen molar-refractivity contribution in [3.8, 4) is 11.8 Å². The second-order valence-electron chi connectivity index (χ2n) is 4.90. The lowest BCUT2D eigenvalue weighted by molar-refractivity contribution is 0.0957. The van der Waals surface area contributed by atoms with E-state index in [9.17, 15) is 9.59 Å². The quantitative estimate of drug-likeness (QED) is 0.624. The lowest BCUT2D eigenvalue weighted by Crippen LogP contribution is -2.24. The van der Waals surface area contributed by atoms with Crippen LogP contribution in [-0.2, 0) is 0 Å². The Morgan fingerprint density at radius 1 is 0.955 bits per heavy atom. The predicted octanol–water partition coefficient (Wildman–Crippen LogP) is 2.05. The normalized spacial score (nSPS) is 12.8. The van der Waals surface area contributed by atoms with Gasteiger partial charge >= 0.3 is 0 Å². The first kappa shape index (κ1) is 13.9. The van der Waals surface area contributed by atoms with Gasteiger partial charge in [0.15, 0.2) is 0 Å². The Kier molecular flexibility index (Phi) is 3.88. The van der Waals surface area contributed by atoms with Gasteiger partial charge in [0.05, 0.1) is 11.3 Å². The Hall–Kier alpha value is -3.06. The summed E-state index contributed by atoms with van der Waals surface area (Å²) in [5.41, 5.74) is 3.61. The molecule has 2 aromatic carbocycles. The molecule has 0 saturated heterocycles. The van der Waals surface area contributed by atoms with Crippen molar-refractivity contribution in [1.82, 2.24) is 5.32 Å². The minimum atomic E-state index is -0.0843. The molecule has 0 aromatic heterocycles. The van der Waals surface area contributed by atoms with Gasteiger partial charge in [-0.05, 0) is 24.3 Å². The highest BCUT2D eigenvalue weighted by Crippen LogP contribution is 2.21. The van der Waals surface area contributed by atoms with Crippen LogP contribution in [0.15, 0.2) is 42.5 Å². The minimum absolute atomic E-state index is 0.0843. The van der Waals surface area contributed by atoms with Crippen molar-refractivity contribution < 1.29 is 9.59 Å². The van der Waals surface area contributed by atoms with Crippen molar-refractivity contribution in [3.63, 3.8) is 0 Å². The lowest BCUT2D eigenvalue weighted by Gasteiger charge is -2.07. The summed E-state index contributed by atoms with van der Waals surface area (Å²) >= 11 is 0. The van der Waals surface area contributed by atoms with E-state index in [0.717, 1.165) is 23.1 Å². The summed E-state index contributed by atoms with van der Waals surface area (Å²) < 4.78 is 0. The predicted molar refractivity (Wildman–Crippen MR) is 85.1 cm³/mol. The second kappa shape index (κ2) is 6.15. The SMILES string of the molecule is O=Cc1ccc(C#Cc2cccc3c2NCCNC3=O)cc1. The number of benzene rings is 2. The molecule has 4 nitrogen and oxygen atoms in total. The van der Waals surface area contributed by atoms with Crippen LogP contribution in [0.3, 0.4) is 0 Å². The van der Waals surface area contributed by atoms with E-state index in [1.807, 2.05) is 12.1 Å². The summed E-state index contributed by atoms with van der Waals surface area (Å²) in [7, 11) is 0. The van der Waals surface area contributed by atoms with Crippen molar-refractivity contribution >= 4 is 17.9 Å². The molecule has 1 aliphatic heterocycles. The van der Waals surface area contributed by atoms with Crippen LogP contribution in [0.4, 0.5) is 5.69 Å². The number of para-hydroxylation sites is 1. The maximum absolute atomic E-state index is 12.0. The molecule has 0 bridgehead atoms. The van der Waals surface area contributed by atoms with Gasteiger partial charge in [-0.1, -0.05) is 30.0 Å². The first-order valence-corrected chi connectivity index (χ1v) is 7.00. The number of nitrogens with one attached hydrogen (secondary N) is 2. The van der Waals surface area contributed by atoms with Crippen LogP contribution in [0.5, 0.6) is 0 Å². The number of amides is 1. The molecule has 0 atom stereocenters. The van der Waals surface area contributed by atoms with Crippen molar-refractivity contribution in [2.75, 3.05) is 18.4 Å². The molecule has 0 saturated carbocycles. The molecule has 0 fully saturated rings. The Morgan fingerprint density at radius 3 is 2.50 bits per heavy atom. The minimum Gasteiger partial charge on any atom is -0.382 e. The average molecular weight is 290 g/mol. The molecule has 1 amide bonds. The summed E-state index contributed by atoms with van der Waals surface area (Å²) in [5.74, 6) is 6.07. The van der Waals surface area contributed by atoms with E-state index in [1.54, 1.807) is 30.3 Å². The van der Waals surface area contributed by atoms with Crippen LogP contribution in [-0.4, -0.2) is 25.3 Å². The lowest BCUT2D eigenvalue weighted by atomic mass is 10.1. The van der Waals surface area contributed by atoms with Gasteiger partial charge in [0.1, 0.15) is 6.29 Å². The summed E-state index contributed by atoms with van der Waals surface area (Å²) in [4.78, 5) is 22.6. The second-order valence-corrected chi connectivity index (χ2v) is 4.90. The number of carbonyl (C=O) groups excluding carboxylic acids is 2. The van der Waals surface area contributed by atoms with Gasteiger partial charge < -0.3 is 10.6 Å². The number of rotatable bonds is 1. The van der Waals surface area contributed by atoms with E-state index < -0.39 is 0 Å². The van der Waals surface area contributed by atoms with Crippen molar-refractivity contribution in [2.24, 2.45) is 0 Å². The third kappa shape index (κ3) is 2.84. The van der Waals surface area contributed by atoms with E-state index in [4.69, 9.17) is 0 Å².